The quantitative estimate of drug-likeness (QED) is 0.414. The SMILES string of the molecule is O=C(Nc1ccc(NS(=O)(=O)c2ccc3c(c2)OCCCO3)cc1)c1cccc([N+](=O)[O-])c1. The fourth-order valence-corrected chi connectivity index (χ4v) is 4.18. The number of nitrogens with zero attached hydrogens (tertiary/aromatic N) is 1. The Morgan fingerprint density at radius 3 is 2.33 bits per heavy atom. The molecule has 0 radical (unpaired) electrons. The van der Waals surface area contributed by atoms with Crippen LogP contribution < -0.4 is 19.5 Å². The molecule has 4 rings (SSSR count). The lowest BCUT2D eigenvalue weighted by atomic mass is 10.2. The van der Waals surface area contributed by atoms with Gasteiger partial charge in [-0.15, -0.1) is 0 Å². The van der Waals surface area contributed by atoms with Crippen LogP contribution in [-0.4, -0.2) is 32.5 Å². The summed E-state index contributed by atoms with van der Waals surface area (Å²) in [6.45, 7) is 0.939. The van der Waals surface area contributed by atoms with Crippen LogP contribution in [0.2, 0.25) is 0 Å². The van der Waals surface area contributed by atoms with E-state index in [1.54, 1.807) is 6.07 Å². The summed E-state index contributed by atoms with van der Waals surface area (Å²) in [5.74, 6) is 0.337. The fraction of sp³-hybridized carbons (Fsp3) is 0.136. The van der Waals surface area contributed by atoms with Crippen LogP contribution in [0.1, 0.15) is 16.8 Å². The van der Waals surface area contributed by atoms with E-state index in [1.165, 1.54) is 60.7 Å². The molecule has 0 spiro atoms. The number of hydrogen-bond acceptors (Lipinski definition) is 7. The van der Waals surface area contributed by atoms with Gasteiger partial charge in [0, 0.05) is 41.6 Å². The number of nitrogens with one attached hydrogen (secondary N) is 2. The molecule has 10 nitrogen and oxygen atoms in total. The van der Waals surface area contributed by atoms with Crippen LogP contribution in [0.25, 0.3) is 0 Å². The zero-order valence-electron chi connectivity index (χ0n) is 17.2. The first-order valence-electron chi connectivity index (χ1n) is 9.90. The summed E-state index contributed by atoms with van der Waals surface area (Å²) >= 11 is 0. The number of sulfonamides is 1. The fourth-order valence-electron chi connectivity index (χ4n) is 3.11. The van der Waals surface area contributed by atoms with E-state index in [-0.39, 0.29) is 21.8 Å². The minimum Gasteiger partial charge on any atom is -0.490 e. The number of non-ortho nitro benzene ring substituents is 1. The van der Waals surface area contributed by atoms with E-state index in [0.29, 0.717) is 36.8 Å². The Morgan fingerprint density at radius 1 is 0.909 bits per heavy atom. The van der Waals surface area contributed by atoms with Gasteiger partial charge in [-0.1, -0.05) is 6.07 Å². The van der Waals surface area contributed by atoms with Crippen molar-refractivity contribution in [3.63, 3.8) is 0 Å². The van der Waals surface area contributed by atoms with Crippen molar-refractivity contribution < 1.29 is 27.6 Å². The Morgan fingerprint density at radius 2 is 1.61 bits per heavy atom. The molecular weight excluding hydrogens is 450 g/mol. The molecule has 0 fully saturated rings. The molecule has 2 N–H and O–H groups in total. The number of nitro benzene ring substituents is 1. The summed E-state index contributed by atoms with van der Waals surface area (Å²) in [7, 11) is -3.89. The van der Waals surface area contributed by atoms with Crippen LogP contribution in [0.5, 0.6) is 11.5 Å². The molecule has 11 heteroatoms. The standard InChI is InChI=1S/C22H19N3O7S/c26-22(15-3-1-4-18(13-15)25(27)28)23-16-5-7-17(8-6-16)24-33(29,30)19-9-10-20-21(14-19)32-12-2-11-31-20/h1,3-10,13-14,24H,2,11-12H2,(H,23,26). The maximum absolute atomic E-state index is 12.8. The molecule has 33 heavy (non-hydrogen) atoms. The van der Waals surface area contributed by atoms with E-state index in [2.05, 4.69) is 10.0 Å². The largest absolute Gasteiger partial charge is 0.490 e. The Kier molecular flexibility index (Phi) is 6.13. The Bertz CT molecular complexity index is 1310. The third-order valence-corrected chi connectivity index (χ3v) is 6.12. The third-order valence-electron chi connectivity index (χ3n) is 4.74. The zero-order chi connectivity index (χ0) is 23.4. The zero-order valence-corrected chi connectivity index (χ0v) is 18.0. The van der Waals surface area contributed by atoms with Crippen molar-refractivity contribution in [3.05, 3.63) is 82.4 Å². The van der Waals surface area contributed by atoms with Crippen molar-refractivity contribution in [3.8, 4) is 11.5 Å². The molecule has 1 aliphatic heterocycles. The monoisotopic (exact) mass is 469 g/mol. The van der Waals surface area contributed by atoms with Crippen molar-refractivity contribution in [2.75, 3.05) is 23.3 Å². The molecule has 0 saturated heterocycles. The van der Waals surface area contributed by atoms with Crippen LogP contribution in [0.4, 0.5) is 17.1 Å². The van der Waals surface area contributed by atoms with Crippen LogP contribution in [0.3, 0.4) is 0 Å². The minimum absolute atomic E-state index is 0.0230. The molecule has 0 saturated carbocycles. The van der Waals surface area contributed by atoms with E-state index >= 15 is 0 Å². The molecule has 1 aliphatic rings. The molecule has 170 valence electrons. The third kappa shape index (κ3) is 5.21. The van der Waals surface area contributed by atoms with E-state index in [0.717, 1.165) is 0 Å². The lowest BCUT2D eigenvalue weighted by molar-refractivity contribution is -0.384. The first-order chi connectivity index (χ1) is 15.8. The van der Waals surface area contributed by atoms with Gasteiger partial charge in [-0.25, -0.2) is 8.42 Å². The van der Waals surface area contributed by atoms with Gasteiger partial charge in [0.25, 0.3) is 21.6 Å². The molecule has 0 aromatic heterocycles. The van der Waals surface area contributed by atoms with Gasteiger partial charge in [0.2, 0.25) is 0 Å². The molecule has 1 heterocycles. The highest BCUT2D eigenvalue weighted by Crippen LogP contribution is 2.32. The predicted molar refractivity (Wildman–Crippen MR) is 120 cm³/mol. The number of ether oxygens (including phenoxy) is 2. The van der Waals surface area contributed by atoms with Crippen molar-refractivity contribution in [2.24, 2.45) is 0 Å². The highest BCUT2D eigenvalue weighted by atomic mass is 32.2. The van der Waals surface area contributed by atoms with Gasteiger partial charge in [-0.05, 0) is 42.5 Å². The van der Waals surface area contributed by atoms with Crippen LogP contribution in [-0.2, 0) is 10.0 Å². The minimum atomic E-state index is -3.89. The van der Waals surface area contributed by atoms with E-state index < -0.39 is 20.9 Å². The van der Waals surface area contributed by atoms with E-state index in [4.69, 9.17) is 9.47 Å². The molecule has 0 bridgehead atoms. The second kappa shape index (κ2) is 9.17. The molecule has 0 unspecified atom stereocenters. The number of nitro groups is 1. The molecule has 0 atom stereocenters. The number of carbonyl (C=O) groups excluding carboxylic acids is 1. The lowest BCUT2D eigenvalue weighted by Gasteiger charge is -2.12. The number of anilines is 2. The summed E-state index contributed by atoms with van der Waals surface area (Å²) in [6.07, 6.45) is 0.707. The first-order valence-corrected chi connectivity index (χ1v) is 11.4. The van der Waals surface area contributed by atoms with Crippen molar-refractivity contribution in [1.82, 2.24) is 0 Å². The Balaban J connectivity index is 1.45. The Hall–Kier alpha value is -4.12. The summed E-state index contributed by atoms with van der Waals surface area (Å²) < 4.78 is 39.1. The second-order valence-corrected chi connectivity index (χ2v) is 8.79. The summed E-state index contributed by atoms with van der Waals surface area (Å²) in [6, 6.07) is 15.8. The first kappa shape index (κ1) is 22.1. The predicted octanol–water partition coefficient (Wildman–Crippen LogP) is 3.81. The van der Waals surface area contributed by atoms with Crippen molar-refractivity contribution in [2.45, 2.75) is 11.3 Å². The number of benzene rings is 3. The lowest BCUT2D eigenvalue weighted by Crippen LogP contribution is -2.14. The number of amides is 1. The number of rotatable bonds is 6. The molecule has 0 aliphatic carbocycles. The Labute approximate surface area is 189 Å². The summed E-state index contributed by atoms with van der Waals surface area (Å²) in [5, 5.41) is 13.5. The van der Waals surface area contributed by atoms with Gasteiger partial charge in [0.1, 0.15) is 0 Å². The highest BCUT2D eigenvalue weighted by Gasteiger charge is 2.19. The van der Waals surface area contributed by atoms with Gasteiger partial charge in [0.05, 0.1) is 23.0 Å². The van der Waals surface area contributed by atoms with Crippen LogP contribution >= 0.6 is 0 Å². The van der Waals surface area contributed by atoms with Crippen LogP contribution in [0, 0.1) is 10.1 Å². The van der Waals surface area contributed by atoms with Gasteiger partial charge in [0.15, 0.2) is 11.5 Å². The normalized spacial score (nSPS) is 13.0. The number of hydrogen-bond donors (Lipinski definition) is 2. The second-order valence-electron chi connectivity index (χ2n) is 7.10. The number of fused-ring (bicyclic) bond motifs is 1. The van der Waals surface area contributed by atoms with Gasteiger partial charge >= 0.3 is 0 Å². The molecule has 1 amide bonds. The maximum Gasteiger partial charge on any atom is 0.270 e. The average Bonchev–Trinajstić information content (AvgIpc) is 3.05. The number of carbonyl (C=O) groups is 1. The molecule has 3 aromatic carbocycles. The maximum atomic E-state index is 12.8. The van der Waals surface area contributed by atoms with Crippen molar-refractivity contribution in [1.29, 1.82) is 0 Å². The highest BCUT2D eigenvalue weighted by molar-refractivity contribution is 7.92. The van der Waals surface area contributed by atoms with E-state index in [9.17, 15) is 23.3 Å². The van der Waals surface area contributed by atoms with Gasteiger partial charge in [-0.2, -0.15) is 0 Å². The molecular formula is C22H19N3O7S. The molecule has 3 aromatic rings. The topological polar surface area (TPSA) is 137 Å². The summed E-state index contributed by atoms with van der Waals surface area (Å²) in [4.78, 5) is 22.7. The van der Waals surface area contributed by atoms with Crippen LogP contribution in [0.15, 0.2) is 71.6 Å². The van der Waals surface area contributed by atoms with Gasteiger partial charge in [-0.3, -0.25) is 19.6 Å². The summed E-state index contributed by atoms with van der Waals surface area (Å²) in [5.41, 5.74) is 0.617. The van der Waals surface area contributed by atoms with Gasteiger partial charge < -0.3 is 14.8 Å². The average molecular weight is 469 g/mol. The van der Waals surface area contributed by atoms with Crippen molar-refractivity contribution >= 4 is 33.0 Å². The van der Waals surface area contributed by atoms with E-state index in [1.807, 2.05) is 0 Å². The smallest absolute Gasteiger partial charge is 0.270 e.